The lowest BCUT2D eigenvalue weighted by Crippen LogP contribution is -2.37. The van der Waals surface area contributed by atoms with Gasteiger partial charge in [-0.05, 0) is 18.2 Å². The molecule has 1 aliphatic rings. The van der Waals surface area contributed by atoms with Crippen LogP contribution < -0.4 is 4.74 Å². The molecule has 88 valence electrons. The van der Waals surface area contributed by atoms with Crippen LogP contribution in [-0.2, 0) is 0 Å². The number of methoxy groups -OCH3 is 1. The van der Waals surface area contributed by atoms with Gasteiger partial charge in [0.05, 0.1) is 12.0 Å². The number of ether oxygens (including phenoxy) is 1. The summed E-state index contributed by atoms with van der Waals surface area (Å²) in [4.78, 5) is 0.914. The van der Waals surface area contributed by atoms with Gasteiger partial charge in [0.25, 0.3) is 0 Å². The van der Waals surface area contributed by atoms with E-state index < -0.39 is 5.92 Å². The van der Waals surface area contributed by atoms with E-state index in [0.717, 1.165) is 15.1 Å². The number of rotatable bonds is 3. The second-order valence-electron chi connectivity index (χ2n) is 3.80. The third-order valence-corrected chi connectivity index (χ3v) is 4.20. The zero-order valence-electron chi connectivity index (χ0n) is 8.67. The third kappa shape index (κ3) is 2.69. The number of thioether (sulfide) groups is 1. The first-order valence-electron chi connectivity index (χ1n) is 4.88. The van der Waals surface area contributed by atoms with Crippen molar-refractivity contribution in [2.24, 2.45) is 0 Å². The molecular formula is C11H11BrF2OS. The molecule has 0 saturated heterocycles. The van der Waals surface area contributed by atoms with Gasteiger partial charge >= 0.3 is 0 Å². The van der Waals surface area contributed by atoms with E-state index in [4.69, 9.17) is 4.74 Å². The second kappa shape index (κ2) is 4.53. The number of hydrogen-bond acceptors (Lipinski definition) is 2. The van der Waals surface area contributed by atoms with Gasteiger partial charge in [-0.1, -0.05) is 15.9 Å². The molecule has 0 amide bonds. The van der Waals surface area contributed by atoms with Gasteiger partial charge in [0, 0.05) is 22.6 Å². The summed E-state index contributed by atoms with van der Waals surface area (Å²) >= 11 is 4.82. The Kier molecular flexibility index (Phi) is 3.45. The molecule has 1 aliphatic carbocycles. The zero-order chi connectivity index (χ0) is 11.8. The molecule has 1 aromatic carbocycles. The summed E-state index contributed by atoms with van der Waals surface area (Å²) in [7, 11) is 1.59. The number of alkyl halides is 2. The normalized spacial score (nSPS) is 19.2. The van der Waals surface area contributed by atoms with Crippen LogP contribution in [-0.4, -0.2) is 18.3 Å². The molecular weight excluding hydrogens is 298 g/mol. The maximum atomic E-state index is 12.7. The molecule has 1 aromatic rings. The molecule has 0 aliphatic heterocycles. The van der Waals surface area contributed by atoms with Crippen LogP contribution in [0, 0.1) is 0 Å². The maximum absolute atomic E-state index is 12.7. The minimum Gasteiger partial charge on any atom is -0.496 e. The first-order valence-corrected chi connectivity index (χ1v) is 6.55. The van der Waals surface area contributed by atoms with Crippen LogP contribution in [0.1, 0.15) is 12.8 Å². The molecule has 1 fully saturated rings. The van der Waals surface area contributed by atoms with Gasteiger partial charge in [0.2, 0.25) is 5.92 Å². The minimum atomic E-state index is -2.46. The van der Waals surface area contributed by atoms with Gasteiger partial charge in [-0.25, -0.2) is 8.78 Å². The highest BCUT2D eigenvalue weighted by atomic mass is 79.9. The van der Waals surface area contributed by atoms with Gasteiger partial charge < -0.3 is 4.74 Å². The quantitative estimate of drug-likeness (QED) is 0.821. The van der Waals surface area contributed by atoms with Crippen molar-refractivity contribution in [1.29, 1.82) is 0 Å². The van der Waals surface area contributed by atoms with Crippen molar-refractivity contribution >= 4 is 27.7 Å². The fourth-order valence-corrected chi connectivity index (χ4v) is 3.60. The molecule has 0 heterocycles. The number of halogens is 3. The Balaban J connectivity index is 2.06. The minimum absolute atomic E-state index is 0.00167. The summed E-state index contributed by atoms with van der Waals surface area (Å²) in [5, 5.41) is -0.00167. The van der Waals surface area contributed by atoms with E-state index in [0.29, 0.717) is 0 Å². The zero-order valence-corrected chi connectivity index (χ0v) is 11.1. The van der Waals surface area contributed by atoms with Gasteiger partial charge in [-0.3, -0.25) is 0 Å². The monoisotopic (exact) mass is 308 g/mol. The SMILES string of the molecule is COc1ccc(Br)cc1SC1CC(F)(F)C1. The average molecular weight is 309 g/mol. The topological polar surface area (TPSA) is 9.23 Å². The van der Waals surface area contributed by atoms with E-state index >= 15 is 0 Å². The van der Waals surface area contributed by atoms with E-state index in [1.807, 2.05) is 18.2 Å². The summed E-state index contributed by atoms with van der Waals surface area (Å²) in [5.74, 6) is -1.72. The molecule has 0 unspecified atom stereocenters. The van der Waals surface area contributed by atoms with Crippen molar-refractivity contribution in [2.75, 3.05) is 7.11 Å². The van der Waals surface area contributed by atoms with E-state index in [9.17, 15) is 8.78 Å². The van der Waals surface area contributed by atoms with Crippen molar-refractivity contribution < 1.29 is 13.5 Å². The smallest absolute Gasteiger partial charge is 0.250 e. The van der Waals surface area contributed by atoms with Crippen LogP contribution in [0.5, 0.6) is 5.75 Å². The summed E-state index contributed by atoms with van der Waals surface area (Å²) in [6.07, 6.45) is -0.0688. The van der Waals surface area contributed by atoms with Crippen molar-refractivity contribution in [3.63, 3.8) is 0 Å². The molecule has 0 bridgehead atoms. The molecule has 2 rings (SSSR count). The predicted octanol–water partition coefficient (Wildman–Crippen LogP) is 4.35. The van der Waals surface area contributed by atoms with Crippen molar-refractivity contribution in [3.05, 3.63) is 22.7 Å². The molecule has 0 N–H and O–H groups in total. The molecule has 16 heavy (non-hydrogen) atoms. The number of benzene rings is 1. The summed E-state index contributed by atoms with van der Waals surface area (Å²) in [6, 6.07) is 5.61. The van der Waals surface area contributed by atoms with E-state index in [1.165, 1.54) is 11.8 Å². The lowest BCUT2D eigenvalue weighted by atomic mass is 9.94. The van der Waals surface area contributed by atoms with Gasteiger partial charge in [0.15, 0.2) is 0 Å². The summed E-state index contributed by atoms with van der Waals surface area (Å²) < 4.78 is 31.5. The standard InChI is InChI=1S/C11H11BrF2OS/c1-15-9-3-2-7(12)4-10(9)16-8-5-11(13,14)6-8/h2-4,8H,5-6H2,1H3. The molecule has 5 heteroatoms. The summed E-state index contributed by atoms with van der Waals surface area (Å²) in [5.41, 5.74) is 0. The van der Waals surface area contributed by atoms with Gasteiger partial charge in [0.1, 0.15) is 5.75 Å². The fourth-order valence-electron chi connectivity index (χ4n) is 1.61. The Morgan fingerprint density at radius 2 is 2.12 bits per heavy atom. The lowest BCUT2D eigenvalue weighted by Gasteiger charge is -2.34. The van der Waals surface area contributed by atoms with Crippen molar-refractivity contribution in [3.8, 4) is 5.75 Å². The summed E-state index contributed by atoms with van der Waals surface area (Å²) in [6.45, 7) is 0. The Labute approximate surface area is 106 Å². The van der Waals surface area contributed by atoms with E-state index in [1.54, 1.807) is 7.11 Å². The van der Waals surface area contributed by atoms with Crippen LogP contribution in [0.15, 0.2) is 27.6 Å². The van der Waals surface area contributed by atoms with Gasteiger partial charge in [-0.2, -0.15) is 0 Å². The third-order valence-electron chi connectivity index (χ3n) is 2.47. The predicted molar refractivity (Wildman–Crippen MR) is 64.5 cm³/mol. The van der Waals surface area contributed by atoms with E-state index in [2.05, 4.69) is 15.9 Å². The highest BCUT2D eigenvalue weighted by molar-refractivity contribution is 9.10. The Morgan fingerprint density at radius 3 is 2.69 bits per heavy atom. The molecule has 0 atom stereocenters. The van der Waals surface area contributed by atoms with Crippen molar-refractivity contribution in [1.82, 2.24) is 0 Å². The first kappa shape index (κ1) is 12.2. The van der Waals surface area contributed by atoms with E-state index in [-0.39, 0.29) is 18.1 Å². The van der Waals surface area contributed by atoms with Crippen LogP contribution in [0.3, 0.4) is 0 Å². The molecule has 1 saturated carbocycles. The lowest BCUT2D eigenvalue weighted by molar-refractivity contribution is -0.0667. The highest BCUT2D eigenvalue weighted by Crippen LogP contribution is 2.48. The Bertz CT molecular complexity index is 390. The molecule has 0 spiro atoms. The van der Waals surface area contributed by atoms with Crippen LogP contribution >= 0.6 is 27.7 Å². The Morgan fingerprint density at radius 1 is 1.44 bits per heavy atom. The van der Waals surface area contributed by atoms with Gasteiger partial charge in [-0.15, -0.1) is 11.8 Å². The maximum Gasteiger partial charge on any atom is 0.250 e. The van der Waals surface area contributed by atoms with Crippen LogP contribution in [0.4, 0.5) is 8.78 Å². The first-order chi connectivity index (χ1) is 7.50. The molecule has 1 nitrogen and oxygen atoms in total. The fraction of sp³-hybridized carbons (Fsp3) is 0.455. The largest absolute Gasteiger partial charge is 0.496 e. The Hall–Kier alpha value is -0.290. The molecule has 0 radical (unpaired) electrons. The average Bonchev–Trinajstić information content (AvgIpc) is 2.15. The van der Waals surface area contributed by atoms with Crippen LogP contribution in [0.25, 0.3) is 0 Å². The van der Waals surface area contributed by atoms with Crippen LogP contribution in [0.2, 0.25) is 0 Å². The second-order valence-corrected chi connectivity index (χ2v) is 6.06. The number of hydrogen-bond donors (Lipinski definition) is 0. The highest BCUT2D eigenvalue weighted by Gasteiger charge is 2.45. The molecule has 0 aromatic heterocycles. The van der Waals surface area contributed by atoms with Crippen molar-refractivity contribution in [2.45, 2.75) is 28.9 Å².